The van der Waals surface area contributed by atoms with E-state index in [-0.39, 0.29) is 20.8 Å². The van der Waals surface area contributed by atoms with Crippen LogP contribution in [0.25, 0.3) is 0 Å². The number of amidine groups is 1. The number of rotatable bonds is 5. The maximum absolute atomic E-state index is 14.4. The fourth-order valence-electron chi connectivity index (χ4n) is 3.11. The summed E-state index contributed by atoms with van der Waals surface area (Å²) in [6.45, 7) is -1.80. The first-order valence-electron chi connectivity index (χ1n) is 8.60. The van der Waals surface area contributed by atoms with E-state index in [1.54, 1.807) is 0 Å². The summed E-state index contributed by atoms with van der Waals surface area (Å²) in [5, 5.41) is 3.09. The van der Waals surface area contributed by atoms with Gasteiger partial charge in [0.25, 0.3) is 6.02 Å². The number of Topliss-reactive ketones (excluding diaryl/α,β-unsaturated/α-hetero) is 1. The Bertz CT molecular complexity index is 1040. The molecule has 0 saturated heterocycles. The van der Waals surface area contributed by atoms with Gasteiger partial charge in [0.2, 0.25) is 5.95 Å². The molecule has 0 aromatic carbocycles. The van der Waals surface area contributed by atoms with Crippen LogP contribution in [0, 0.1) is 5.95 Å². The van der Waals surface area contributed by atoms with E-state index in [4.69, 9.17) is 17.3 Å². The van der Waals surface area contributed by atoms with Crippen LogP contribution in [-0.4, -0.2) is 38.8 Å². The van der Waals surface area contributed by atoms with Gasteiger partial charge in [-0.3, -0.25) is 4.79 Å². The molecule has 3 heterocycles. The molecule has 3 rings (SSSR count). The highest BCUT2D eigenvalue weighted by Crippen LogP contribution is 2.40. The van der Waals surface area contributed by atoms with Crippen molar-refractivity contribution in [3.8, 4) is 0 Å². The summed E-state index contributed by atoms with van der Waals surface area (Å²) >= 11 is 5.76. The molecule has 14 heteroatoms. The average Bonchev–Trinajstić information content (AvgIpc) is 3.04. The number of ether oxygens (including phenoxy) is 1. The van der Waals surface area contributed by atoms with E-state index in [2.05, 4.69) is 19.8 Å². The molecular weight excluding hydrogens is 456 g/mol. The van der Waals surface area contributed by atoms with Gasteiger partial charge in [-0.2, -0.15) is 31.4 Å². The lowest BCUT2D eigenvalue weighted by molar-refractivity contribution is -0.208. The summed E-state index contributed by atoms with van der Waals surface area (Å²) in [6, 6.07) is 0.328. The van der Waals surface area contributed by atoms with Gasteiger partial charge in [-0.1, -0.05) is 11.6 Å². The van der Waals surface area contributed by atoms with Gasteiger partial charge in [-0.25, -0.2) is 14.7 Å². The number of aliphatic imine (C=N–C) groups is 1. The highest BCUT2D eigenvalue weighted by atomic mass is 35.5. The second kappa shape index (κ2) is 8.02. The molecule has 31 heavy (non-hydrogen) atoms. The Balaban J connectivity index is 1.92. The molecule has 1 aliphatic heterocycles. The van der Waals surface area contributed by atoms with Crippen molar-refractivity contribution in [3.05, 3.63) is 46.3 Å². The zero-order chi connectivity index (χ0) is 23.1. The van der Waals surface area contributed by atoms with Gasteiger partial charge in [-0.15, -0.1) is 0 Å². The lowest BCUT2D eigenvalue weighted by Crippen LogP contribution is -2.46. The van der Waals surface area contributed by atoms with E-state index in [0.717, 1.165) is 18.5 Å². The van der Waals surface area contributed by atoms with E-state index in [1.807, 2.05) is 0 Å². The molecule has 2 aromatic rings. The lowest BCUT2D eigenvalue weighted by atomic mass is 9.85. The van der Waals surface area contributed by atoms with E-state index < -0.39 is 60.7 Å². The van der Waals surface area contributed by atoms with Crippen LogP contribution in [0.4, 0.5) is 26.3 Å². The summed E-state index contributed by atoms with van der Waals surface area (Å²) < 4.78 is 84.0. The molecule has 0 aliphatic carbocycles. The number of halogens is 7. The van der Waals surface area contributed by atoms with Crippen LogP contribution < -0.4 is 5.73 Å². The van der Waals surface area contributed by atoms with Gasteiger partial charge in [-0.05, 0) is 18.6 Å². The number of pyridine rings is 1. The van der Waals surface area contributed by atoms with Crippen LogP contribution in [-0.2, 0) is 16.7 Å². The summed E-state index contributed by atoms with van der Waals surface area (Å²) in [5.41, 5.74) is 2.88. The minimum atomic E-state index is -4.78. The minimum absolute atomic E-state index is 0.0779. The van der Waals surface area contributed by atoms with Crippen molar-refractivity contribution in [2.24, 2.45) is 10.7 Å². The van der Waals surface area contributed by atoms with Gasteiger partial charge in [0.15, 0.2) is 11.9 Å². The molecule has 0 bridgehead atoms. The number of nitrogens with two attached hydrogens (primary N) is 1. The summed E-state index contributed by atoms with van der Waals surface area (Å²) in [6.07, 6.45) is -6.61. The highest BCUT2D eigenvalue weighted by molar-refractivity contribution is 6.33. The Morgan fingerprint density at radius 3 is 2.71 bits per heavy atom. The molecular formula is C17H14ClF6N5O2. The van der Waals surface area contributed by atoms with Gasteiger partial charge in [0.05, 0.1) is 16.8 Å². The predicted octanol–water partition coefficient (Wildman–Crippen LogP) is 3.77. The van der Waals surface area contributed by atoms with Gasteiger partial charge < -0.3 is 10.5 Å². The number of carbonyl (C=O) groups is 1. The Kier molecular flexibility index (Phi) is 5.91. The van der Waals surface area contributed by atoms with Crippen LogP contribution in [0.3, 0.4) is 0 Å². The van der Waals surface area contributed by atoms with Crippen molar-refractivity contribution in [1.82, 2.24) is 14.8 Å². The Hall–Kier alpha value is -2.83. The molecule has 0 amide bonds. The number of hydrogen-bond acceptors (Lipinski definition) is 6. The molecule has 0 saturated carbocycles. The molecule has 0 spiro atoms. The van der Waals surface area contributed by atoms with Crippen LogP contribution >= 0.6 is 11.6 Å². The van der Waals surface area contributed by atoms with Crippen molar-refractivity contribution in [2.75, 3.05) is 0 Å². The maximum Gasteiger partial charge on any atom is 0.425 e. The van der Waals surface area contributed by atoms with Crippen LogP contribution in [0.5, 0.6) is 0 Å². The molecule has 2 N–H and O–H groups in total. The summed E-state index contributed by atoms with van der Waals surface area (Å²) in [5.74, 6) is -1.89. The van der Waals surface area contributed by atoms with Crippen molar-refractivity contribution in [3.63, 3.8) is 0 Å². The molecule has 0 radical (unpaired) electrons. The Morgan fingerprint density at radius 1 is 1.45 bits per heavy atom. The van der Waals surface area contributed by atoms with Crippen molar-refractivity contribution < 1.29 is 35.9 Å². The Morgan fingerprint density at radius 2 is 2.13 bits per heavy atom. The fraction of sp³-hybridized carbons (Fsp3) is 0.412. The number of hydrogen-bond donors (Lipinski definition) is 1. The molecule has 0 fully saturated rings. The van der Waals surface area contributed by atoms with Crippen molar-refractivity contribution in [1.29, 1.82) is 0 Å². The normalized spacial score (nSPS) is 21.7. The second-order valence-corrected chi connectivity index (χ2v) is 7.35. The number of nitrogens with zero attached hydrogens (tertiary/aromatic N) is 4. The third kappa shape index (κ3) is 4.75. The van der Waals surface area contributed by atoms with Crippen LogP contribution in [0.1, 0.15) is 41.5 Å². The molecule has 0 unspecified atom stereocenters. The van der Waals surface area contributed by atoms with E-state index in [9.17, 15) is 31.1 Å². The van der Waals surface area contributed by atoms with Gasteiger partial charge in [0, 0.05) is 24.6 Å². The standard InChI is InChI=1S/C17H14ClF6N5O2/c1-16(4-11(17(22,23)24)31-15(25)27-16)8-2-7(5-26-13(8)19)3-10(30)12-9(18)6-29(28-12)14(20)21/h2,5-6,11,14H,3-4H2,1H3,(H2,25,27)/t11-,16-/m0/s1. The quantitative estimate of drug-likeness (QED) is 0.408. The van der Waals surface area contributed by atoms with Gasteiger partial charge >= 0.3 is 12.7 Å². The molecule has 1 aliphatic rings. The highest BCUT2D eigenvalue weighted by Gasteiger charge is 2.50. The monoisotopic (exact) mass is 469 g/mol. The maximum atomic E-state index is 14.4. The van der Waals surface area contributed by atoms with E-state index in [0.29, 0.717) is 0 Å². The lowest BCUT2D eigenvalue weighted by Gasteiger charge is -2.35. The summed E-state index contributed by atoms with van der Waals surface area (Å²) in [4.78, 5) is 19.7. The SMILES string of the molecule is C[C@@]1(c2cc(CC(=O)c3nn(C(F)F)cc3Cl)cnc2F)C[C@@H](C(F)(F)F)OC(N)=N1. The molecule has 2 aromatic heterocycles. The summed E-state index contributed by atoms with van der Waals surface area (Å²) in [7, 11) is 0. The van der Waals surface area contributed by atoms with Crippen molar-refractivity contribution >= 4 is 23.4 Å². The third-order valence-electron chi connectivity index (χ3n) is 4.56. The van der Waals surface area contributed by atoms with Crippen molar-refractivity contribution in [2.45, 2.75) is 44.1 Å². The van der Waals surface area contributed by atoms with E-state index >= 15 is 0 Å². The first kappa shape index (κ1) is 22.8. The second-order valence-electron chi connectivity index (χ2n) is 6.94. The average molecular weight is 470 g/mol. The predicted molar refractivity (Wildman–Crippen MR) is 95.2 cm³/mol. The number of aromatic nitrogens is 3. The fourth-order valence-corrected chi connectivity index (χ4v) is 3.35. The first-order valence-corrected chi connectivity index (χ1v) is 8.97. The Labute approximate surface area is 175 Å². The molecule has 168 valence electrons. The molecule has 7 nitrogen and oxygen atoms in total. The smallest absolute Gasteiger partial charge is 0.425 e. The minimum Gasteiger partial charge on any atom is -0.452 e. The third-order valence-corrected chi connectivity index (χ3v) is 4.84. The van der Waals surface area contributed by atoms with Crippen LogP contribution in [0.2, 0.25) is 5.02 Å². The van der Waals surface area contributed by atoms with E-state index in [1.165, 1.54) is 6.92 Å². The largest absolute Gasteiger partial charge is 0.452 e. The van der Waals surface area contributed by atoms with Gasteiger partial charge in [0.1, 0.15) is 5.69 Å². The zero-order valence-electron chi connectivity index (χ0n) is 15.6. The topological polar surface area (TPSA) is 95.4 Å². The number of ketones is 1. The molecule has 2 atom stereocenters. The number of carbonyl (C=O) groups excluding carboxylic acids is 1. The first-order chi connectivity index (χ1) is 14.3. The zero-order valence-corrected chi connectivity index (χ0v) is 16.4. The number of alkyl halides is 5. The van der Waals surface area contributed by atoms with Crippen LogP contribution in [0.15, 0.2) is 23.5 Å².